The second-order valence-corrected chi connectivity index (χ2v) is 7.93. The Morgan fingerprint density at radius 3 is 2.94 bits per heavy atom. The van der Waals surface area contributed by atoms with Crippen LogP contribution >= 0.6 is 11.6 Å². The van der Waals surface area contributed by atoms with E-state index in [1.165, 1.54) is 23.3 Å². The van der Waals surface area contributed by atoms with E-state index in [0.29, 0.717) is 24.5 Å². The summed E-state index contributed by atoms with van der Waals surface area (Å²) in [6, 6.07) is 6.87. The first-order valence-corrected chi connectivity index (χ1v) is 10.6. The molecule has 3 N–H and O–H groups in total. The Bertz CT molecular complexity index is 1160. The predicted molar refractivity (Wildman–Crippen MR) is 119 cm³/mol. The number of hydrogen-bond donors (Lipinski definition) is 3. The third-order valence-corrected chi connectivity index (χ3v) is 5.39. The van der Waals surface area contributed by atoms with Crippen molar-refractivity contribution in [1.29, 1.82) is 0 Å². The van der Waals surface area contributed by atoms with Gasteiger partial charge in [0.05, 0.1) is 29.9 Å². The van der Waals surface area contributed by atoms with E-state index in [-0.39, 0.29) is 11.6 Å². The Hall–Kier alpha value is -3.34. The average molecular weight is 473 g/mol. The lowest BCUT2D eigenvalue weighted by atomic mass is 10.1. The van der Waals surface area contributed by atoms with Crippen LogP contribution in [0.3, 0.4) is 0 Å². The smallest absolute Gasteiger partial charge is 0.394 e. The first-order chi connectivity index (χ1) is 15.9. The minimum absolute atomic E-state index is 0.0974. The molecule has 0 aliphatic carbocycles. The van der Waals surface area contributed by atoms with Crippen molar-refractivity contribution >= 4 is 29.3 Å². The van der Waals surface area contributed by atoms with E-state index >= 15 is 0 Å². The Morgan fingerprint density at radius 2 is 2.18 bits per heavy atom. The highest BCUT2D eigenvalue weighted by Crippen LogP contribution is 2.22. The number of carbonyl (C=O) groups is 1. The molecule has 1 amide bonds. The van der Waals surface area contributed by atoms with Crippen LogP contribution in [0, 0.1) is 12.7 Å². The van der Waals surface area contributed by atoms with Crippen LogP contribution < -0.4 is 10.6 Å². The molecular formula is C22H22ClFN6O3. The molecule has 0 unspecified atom stereocenters. The van der Waals surface area contributed by atoms with E-state index < -0.39 is 24.6 Å². The summed E-state index contributed by atoms with van der Waals surface area (Å²) < 4.78 is 13.4. The summed E-state index contributed by atoms with van der Waals surface area (Å²) in [6.45, 7) is 2.23. The van der Waals surface area contributed by atoms with Crippen LogP contribution in [-0.2, 0) is 17.8 Å². The molecule has 4 rings (SSSR count). The SMILES string of the molecule is Cc1cc(Nc2ncc3c(n2)CN(OC(=O)N[C@H](CO)c2ccc(F)c(Cl)c2)CC3)ccn1. The maximum absolute atomic E-state index is 13.4. The topological polar surface area (TPSA) is 112 Å². The highest BCUT2D eigenvalue weighted by Gasteiger charge is 2.23. The van der Waals surface area contributed by atoms with Crippen molar-refractivity contribution in [2.24, 2.45) is 0 Å². The van der Waals surface area contributed by atoms with E-state index in [1.54, 1.807) is 12.4 Å². The zero-order chi connectivity index (χ0) is 23.4. The molecule has 0 fully saturated rings. The Kier molecular flexibility index (Phi) is 6.97. The van der Waals surface area contributed by atoms with Gasteiger partial charge in [-0.25, -0.2) is 19.2 Å². The number of amides is 1. The molecule has 1 aliphatic heterocycles. The second kappa shape index (κ2) is 10.1. The van der Waals surface area contributed by atoms with Crippen molar-refractivity contribution in [3.05, 3.63) is 76.1 Å². The Morgan fingerprint density at radius 1 is 1.33 bits per heavy atom. The van der Waals surface area contributed by atoms with Gasteiger partial charge in [0.25, 0.3) is 0 Å². The van der Waals surface area contributed by atoms with Crippen LogP contribution in [-0.4, -0.2) is 44.4 Å². The molecular weight excluding hydrogens is 451 g/mol. The molecule has 0 saturated heterocycles. The maximum Gasteiger partial charge on any atom is 0.426 e. The number of anilines is 2. The molecule has 0 radical (unpaired) electrons. The summed E-state index contributed by atoms with van der Waals surface area (Å²) in [7, 11) is 0. The van der Waals surface area contributed by atoms with Crippen molar-refractivity contribution in [3.8, 4) is 0 Å². The lowest BCUT2D eigenvalue weighted by Crippen LogP contribution is -2.39. The number of carbonyl (C=O) groups excluding carboxylic acids is 1. The standard InChI is InChI=1S/C22H22ClFN6O3/c1-13-8-16(4-6-25-13)27-21-26-10-15-5-7-30(11-19(15)28-21)33-22(32)29-20(12-31)14-2-3-18(24)17(23)9-14/h2-4,6,8-10,20,31H,5,7,11-12H2,1H3,(H,29,32)(H,25,26,27,28)/t20-/m1/s1. The molecule has 1 aliphatic rings. The van der Waals surface area contributed by atoms with Crippen LogP contribution in [0.1, 0.15) is 28.6 Å². The Balaban J connectivity index is 1.38. The molecule has 1 atom stereocenters. The van der Waals surface area contributed by atoms with E-state index in [4.69, 9.17) is 16.4 Å². The molecule has 33 heavy (non-hydrogen) atoms. The number of aryl methyl sites for hydroxylation is 1. The maximum atomic E-state index is 13.4. The fourth-order valence-electron chi connectivity index (χ4n) is 3.42. The number of aliphatic hydroxyl groups excluding tert-OH is 1. The fraction of sp³-hybridized carbons (Fsp3) is 0.273. The van der Waals surface area contributed by atoms with Gasteiger partial charge in [-0.1, -0.05) is 17.7 Å². The van der Waals surface area contributed by atoms with Gasteiger partial charge in [0.15, 0.2) is 0 Å². The van der Waals surface area contributed by atoms with Gasteiger partial charge in [-0.05, 0) is 48.7 Å². The number of hydrogen-bond acceptors (Lipinski definition) is 8. The molecule has 0 saturated carbocycles. The monoisotopic (exact) mass is 472 g/mol. The first kappa shape index (κ1) is 22.8. The van der Waals surface area contributed by atoms with Crippen LogP contribution in [0.5, 0.6) is 0 Å². The average Bonchev–Trinajstić information content (AvgIpc) is 2.79. The largest absolute Gasteiger partial charge is 0.426 e. The number of nitrogens with one attached hydrogen (secondary N) is 2. The fourth-order valence-corrected chi connectivity index (χ4v) is 3.61. The van der Waals surface area contributed by atoms with E-state index in [1.807, 2.05) is 19.1 Å². The van der Waals surface area contributed by atoms with Gasteiger partial charge in [0, 0.05) is 30.3 Å². The van der Waals surface area contributed by atoms with Crippen molar-refractivity contribution in [2.45, 2.75) is 25.9 Å². The number of hydroxylamine groups is 2. The predicted octanol–water partition coefficient (Wildman–Crippen LogP) is 3.45. The first-order valence-electron chi connectivity index (χ1n) is 10.2. The molecule has 0 spiro atoms. The van der Waals surface area contributed by atoms with Gasteiger partial charge in [0.1, 0.15) is 5.82 Å². The summed E-state index contributed by atoms with van der Waals surface area (Å²) in [4.78, 5) is 30.9. The van der Waals surface area contributed by atoms with Gasteiger partial charge >= 0.3 is 6.09 Å². The number of benzene rings is 1. The molecule has 1 aromatic carbocycles. The Labute approximate surface area is 194 Å². The number of aromatic nitrogens is 3. The normalized spacial score (nSPS) is 14.3. The van der Waals surface area contributed by atoms with Crippen LogP contribution in [0.15, 0.2) is 42.7 Å². The van der Waals surface area contributed by atoms with E-state index in [9.17, 15) is 14.3 Å². The highest BCUT2D eigenvalue weighted by atomic mass is 35.5. The lowest BCUT2D eigenvalue weighted by molar-refractivity contribution is -0.113. The van der Waals surface area contributed by atoms with Gasteiger partial charge in [-0.2, -0.15) is 0 Å². The number of nitrogens with zero attached hydrogens (tertiary/aromatic N) is 4. The van der Waals surface area contributed by atoms with Gasteiger partial charge in [0.2, 0.25) is 5.95 Å². The van der Waals surface area contributed by atoms with Gasteiger partial charge in [-0.15, -0.1) is 5.06 Å². The zero-order valence-electron chi connectivity index (χ0n) is 17.8. The molecule has 2 aromatic heterocycles. The summed E-state index contributed by atoms with van der Waals surface area (Å²) in [5, 5.41) is 16.7. The number of halogens is 2. The molecule has 3 heterocycles. The van der Waals surface area contributed by atoms with E-state index in [0.717, 1.165) is 22.6 Å². The highest BCUT2D eigenvalue weighted by molar-refractivity contribution is 6.30. The minimum atomic E-state index is -0.797. The zero-order valence-corrected chi connectivity index (χ0v) is 18.5. The van der Waals surface area contributed by atoms with Crippen LogP contribution in [0.4, 0.5) is 20.8 Å². The van der Waals surface area contributed by atoms with Crippen molar-refractivity contribution in [1.82, 2.24) is 25.3 Å². The van der Waals surface area contributed by atoms with Crippen molar-refractivity contribution in [3.63, 3.8) is 0 Å². The van der Waals surface area contributed by atoms with Crippen LogP contribution in [0.25, 0.3) is 0 Å². The van der Waals surface area contributed by atoms with Crippen LogP contribution in [0.2, 0.25) is 5.02 Å². The summed E-state index contributed by atoms with van der Waals surface area (Å²) in [5.41, 5.74) is 3.86. The molecule has 0 bridgehead atoms. The summed E-state index contributed by atoms with van der Waals surface area (Å²) in [5.74, 6) is -0.152. The van der Waals surface area contributed by atoms with Crippen molar-refractivity contribution < 1.29 is 19.1 Å². The van der Waals surface area contributed by atoms with E-state index in [2.05, 4.69) is 25.6 Å². The third kappa shape index (κ3) is 5.72. The minimum Gasteiger partial charge on any atom is -0.394 e. The number of fused-ring (bicyclic) bond motifs is 1. The number of pyridine rings is 1. The molecule has 9 nitrogen and oxygen atoms in total. The number of aliphatic hydroxyl groups is 1. The molecule has 11 heteroatoms. The van der Waals surface area contributed by atoms with Gasteiger partial charge in [-0.3, -0.25) is 4.98 Å². The molecule has 3 aromatic rings. The van der Waals surface area contributed by atoms with Crippen molar-refractivity contribution in [2.75, 3.05) is 18.5 Å². The summed E-state index contributed by atoms with van der Waals surface area (Å²) in [6.07, 6.45) is 3.31. The third-order valence-electron chi connectivity index (χ3n) is 5.10. The number of rotatable bonds is 6. The van der Waals surface area contributed by atoms with Gasteiger partial charge < -0.3 is 20.6 Å². The summed E-state index contributed by atoms with van der Waals surface area (Å²) >= 11 is 5.80. The lowest BCUT2D eigenvalue weighted by Gasteiger charge is -2.27. The quantitative estimate of drug-likeness (QED) is 0.500. The molecule has 172 valence electrons. The second-order valence-electron chi connectivity index (χ2n) is 7.52.